The maximum Gasteiger partial charge on any atom is 0.000466 e. The molecule has 0 amide bonds. The van der Waals surface area contributed by atoms with E-state index in [0.717, 1.165) is 12.1 Å². The molecule has 3 N–H and O–H groups in total. The molecule has 0 rings (SSSR count). The van der Waals surface area contributed by atoms with Gasteiger partial charge < -0.3 is 11.1 Å². The molecule has 0 aliphatic carbocycles. The van der Waals surface area contributed by atoms with Gasteiger partial charge in [-0.3, -0.25) is 0 Å². The fourth-order valence-electron chi connectivity index (χ4n) is 0. The Labute approximate surface area is 99.3 Å². The Morgan fingerprint density at radius 1 is 1.00 bits per heavy atom. The standard InChI is InChI=1S/C4H9N.C3H8.C2H7N.2C2H6/c1-3-4(2)5;2*1-3-2;2*1-2/h2-3,5H2,1H3;3H2,1-2H3;3H,1-2H3;2*1-2H3. The van der Waals surface area contributed by atoms with Crippen LogP contribution in [0.15, 0.2) is 12.3 Å². The Morgan fingerprint density at radius 3 is 1.07 bits per heavy atom. The third-order valence-electron chi connectivity index (χ3n) is 0.454. The van der Waals surface area contributed by atoms with Crippen molar-refractivity contribution in [2.45, 2.75) is 61.3 Å². The molecule has 0 aromatic heterocycles. The summed E-state index contributed by atoms with van der Waals surface area (Å²) in [7, 11) is 3.75. The van der Waals surface area contributed by atoms with Gasteiger partial charge in [0.25, 0.3) is 0 Å². The minimum Gasteiger partial charge on any atom is -0.403 e. The summed E-state index contributed by atoms with van der Waals surface area (Å²) in [4.78, 5) is 0. The molecule has 0 spiro atoms. The summed E-state index contributed by atoms with van der Waals surface area (Å²) in [5.74, 6) is 0. The van der Waals surface area contributed by atoms with Gasteiger partial charge in [-0.2, -0.15) is 0 Å². The molecule has 0 atom stereocenters. The molecule has 0 heterocycles. The van der Waals surface area contributed by atoms with Gasteiger partial charge in [0.2, 0.25) is 0 Å². The Hall–Kier alpha value is -0.500. The summed E-state index contributed by atoms with van der Waals surface area (Å²) in [5, 5.41) is 2.75. The SMILES string of the molecule is C=C(N)CC.CC.CC.CCC.CNC. The summed E-state index contributed by atoms with van der Waals surface area (Å²) in [6, 6.07) is 0. The molecule has 0 aliphatic rings. The first kappa shape index (κ1) is 29.3. The van der Waals surface area contributed by atoms with Crippen LogP contribution in [0.5, 0.6) is 0 Å². The number of nitrogens with two attached hydrogens (primary N) is 1. The van der Waals surface area contributed by atoms with E-state index in [1.54, 1.807) is 0 Å². The van der Waals surface area contributed by atoms with E-state index < -0.39 is 0 Å². The van der Waals surface area contributed by atoms with Gasteiger partial charge in [-0.25, -0.2) is 0 Å². The van der Waals surface area contributed by atoms with Crippen molar-refractivity contribution in [3.63, 3.8) is 0 Å². The van der Waals surface area contributed by atoms with Gasteiger partial charge in [0.05, 0.1) is 0 Å². The van der Waals surface area contributed by atoms with Gasteiger partial charge in [0.1, 0.15) is 0 Å². The van der Waals surface area contributed by atoms with Gasteiger partial charge in [0, 0.05) is 5.70 Å². The predicted octanol–water partition coefficient (Wildman–Crippen LogP) is 4.17. The molecule has 0 aromatic carbocycles. The zero-order valence-electron chi connectivity index (χ0n) is 12.7. The minimum atomic E-state index is 0.755. The summed E-state index contributed by atoms with van der Waals surface area (Å²) in [6.07, 6.45) is 2.14. The van der Waals surface area contributed by atoms with Crippen molar-refractivity contribution >= 4 is 0 Å². The summed E-state index contributed by atoms with van der Waals surface area (Å²) < 4.78 is 0. The summed E-state index contributed by atoms with van der Waals surface area (Å²) >= 11 is 0. The van der Waals surface area contributed by atoms with Crippen molar-refractivity contribution in [3.8, 4) is 0 Å². The Kier molecular flexibility index (Phi) is 136. The van der Waals surface area contributed by atoms with Crippen molar-refractivity contribution in [1.29, 1.82) is 0 Å². The van der Waals surface area contributed by atoms with E-state index in [4.69, 9.17) is 5.73 Å². The average Bonchev–Trinajstić information content (AvgIpc) is 2.26. The molecule has 0 saturated carbocycles. The Bertz CT molecular complexity index is 59.6. The lowest BCUT2D eigenvalue weighted by Gasteiger charge is -1.81. The highest BCUT2D eigenvalue weighted by atomic mass is 14.7. The van der Waals surface area contributed by atoms with Crippen molar-refractivity contribution in [1.82, 2.24) is 5.32 Å². The van der Waals surface area contributed by atoms with E-state index in [0.29, 0.717) is 0 Å². The molecule has 0 aliphatic heterocycles. The van der Waals surface area contributed by atoms with Gasteiger partial charge in [-0.15, -0.1) is 0 Å². The third kappa shape index (κ3) is 794. The minimum absolute atomic E-state index is 0.755. The normalized spacial score (nSPS) is 5.67. The van der Waals surface area contributed by atoms with E-state index in [-0.39, 0.29) is 0 Å². The molecule has 98 valence electrons. The first-order valence-corrected chi connectivity index (χ1v) is 6.12. The summed E-state index contributed by atoms with van der Waals surface area (Å²) in [5.41, 5.74) is 5.85. The van der Waals surface area contributed by atoms with Crippen LogP contribution in [-0.4, -0.2) is 14.1 Å². The van der Waals surface area contributed by atoms with Crippen LogP contribution in [0.1, 0.15) is 61.3 Å². The molecule has 0 saturated heterocycles. The van der Waals surface area contributed by atoms with Crippen molar-refractivity contribution in [3.05, 3.63) is 12.3 Å². The van der Waals surface area contributed by atoms with Crippen LogP contribution in [0.4, 0.5) is 0 Å². The van der Waals surface area contributed by atoms with Gasteiger partial charge in [-0.1, -0.05) is 61.5 Å². The number of allylic oxidation sites excluding steroid dienone is 1. The highest BCUT2D eigenvalue weighted by molar-refractivity contribution is 4.82. The number of hydrogen-bond donors (Lipinski definition) is 2. The number of nitrogens with one attached hydrogen (secondary N) is 1. The largest absolute Gasteiger partial charge is 0.403 e. The molecule has 0 aromatic rings. The second-order valence-corrected chi connectivity index (χ2v) is 2.22. The molecule has 2 heteroatoms. The highest BCUT2D eigenvalue weighted by Crippen LogP contribution is 1.79. The van der Waals surface area contributed by atoms with E-state index in [2.05, 4.69) is 25.7 Å². The van der Waals surface area contributed by atoms with Crippen LogP contribution < -0.4 is 11.1 Å². The first-order valence-electron chi connectivity index (χ1n) is 6.12. The fourth-order valence-corrected chi connectivity index (χ4v) is 0. The van der Waals surface area contributed by atoms with E-state index in [1.165, 1.54) is 6.42 Å². The van der Waals surface area contributed by atoms with Crippen LogP contribution in [0, 0.1) is 0 Å². The van der Waals surface area contributed by atoms with Crippen LogP contribution in [0.3, 0.4) is 0 Å². The zero-order chi connectivity index (χ0) is 13.7. The Balaban J connectivity index is -0.0000000296. The molecule has 0 bridgehead atoms. The van der Waals surface area contributed by atoms with Crippen LogP contribution >= 0.6 is 0 Å². The van der Waals surface area contributed by atoms with Gasteiger partial charge >= 0.3 is 0 Å². The summed E-state index contributed by atoms with van der Waals surface area (Å²) in [6.45, 7) is 17.7. The second kappa shape index (κ2) is 69.7. The number of rotatable bonds is 1. The quantitative estimate of drug-likeness (QED) is 0.696. The van der Waals surface area contributed by atoms with Crippen LogP contribution in [-0.2, 0) is 0 Å². The molecular formula is C13H36N2. The fraction of sp³-hybridized carbons (Fsp3) is 0.846. The number of hydrogen-bond acceptors (Lipinski definition) is 2. The Morgan fingerprint density at radius 2 is 1.07 bits per heavy atom. The molecule has 0 fully saturated rings. The maximum atomic E-state index is 5.10. The van der Waals surface area contributed by atoms with Crippen molar-refractivity contribution < 1.29 is 0 Å². The van der Waals surface area contributed by atoms with Crippen molar-refractivity contribution in [2.75, 3.05) is 14.1 Å². The monoisotopic (exact) mass is 220 g/mol. The highest BCUT2D eigenvalue weighted by Gasteiger charge is 1.67. The van der Waals surface area contributed by atoms with Gasteiger partial charge in [-0.05, 0) is 20.5 Å². The van der Waals surface area contributed by atoms with E-state index in [9.17, 15) is 0 Å². The smallest absolute Gasteiger partial charge is 0.000466 e. The van der Waals surface area contributed by atoms with Gasteiger partial charge in [0.15, 0.2) is 0 Å². The first-order chi connectivity index (χ1) is 7.10. The van der Waals surface area contributed by atoms with E-state index >= 15 is 0 Å². The lowest BCUT2D eigenvalue weighted by Crippen LogP contribution is -1.89. The average molecular weight is 220 g/mol. The van der Waals surface area contributed by atoms with Crippen LogP contribution in [0.25, 0.3) is 0 Å². The third-order valence-corrected chi connectivity index (χ3v) is 0.454. The second-order valence-electron chi connectivity index (χ2n) is 2.22. The van der Waals surface area contributed by atoms with E-state index in [1.807, 2.05) is 48.7 Å². The molecule has 15 heavy (non-hydrogen) atoms. The van der Waals surface area contributed by atoms with Crippen molar-refractivity contribution in [2.24, 2.45) is 5.73 Å². The lowest BCUT2D eigenvalue weighted by molar-refractivity contribution is 1.02. The zero-order valence-corrected chi connectivity index (χ0v) is 12.7. The lowest BCUT2D eigenvalue weighted by atomic mass is 10.4. The molecule has 0 radical (unpaired) electrons. The molecular weight excluding hydrogens is 184 g/mol. The topological polar surface area (TPSA) is 38.0 Å². The maximum absolute atomic E-state index is 5.10. The molecule has 0 unspecified atom stereocenters. The van der Waals surface area contributed by atoms with Crippen LogP contribution in [0.2, 0.25) is 0 Å². The molecule has 2 nitrogen and oxygen atoms in total. The predicted molar refractivity (Wildman–Crippen MR) is 77.3 cm³/mol.